The van der Waals surface area contributed by atoms with Gasteiger partial charge in [-0.15, -0.1) is 0 Å². The molecule has 0 fully saturated rings. The van der Waals surface area contributed by atoms with Gasteiger partial charge in [-0.25, -0.2) is 0 Å². The molecular formula is C30H47NO3. The molecule has 1 N–H and O–H groups in total. The van der Waals surface area contributed by atoms with Crippen molar-refractivity contribution in [3.8, 4) is 0 Å². The first-order valence-corrected chi connectivity index (χ1v) is 13.9. The van der Waals surface area contributed by atoms with Crippen molar-refractivity contribution >= 4 is 22.7 Å². The lowest BCUT2D eigenvalue weighted by atomic mass is 9.99. The fourth-order valence-corrected chi connectivity index (χ4v) is 4.81. The van der Waals surface area contributed by atoms with Crippen LogP contribution >= 0.6 is 0 Å². The number of unbranched alkanes of at least 4 members (excludes halogenated alkanes) is 14. The summed E-state index contributed by atoms with van der Waals surface area (Å²) in [5.41, 5.74) is 2.59. The first kappa shape index (κ1) is 28.1. The van der Waals surface area contributed by atoms with Gasteiger partial charge in [0, 0.05) is 28.6 Å². The number of ketones is 1. The average molecular weight is 470 g/mol. The summed E-state index contributed by atoms with van der Waals surface area (Å²) in [4.78, 5) is 28.0. The molecule has 0 atom stereocenters. The molecule has 0 amide bonds. The van der Waals surface area contributed by atoms with Crippen LogP contribution in [0.25, 0.3) is 10.9 Å². The van der Waals surface area contributed by atoms with E-state index in [1.165, 1.54) is 90.6 Å². The van der Waals surface area contributed by atoms with Crippen LogP contribution in [0, 0.1) is 0 Å². The highest BCUT2D eigenvalue weighted by Crippen LogP contribution is 2.26. The lowest BCUT2D eigenvalue weighted by Gasteiger charge is -2.05. The zero-order chi connectivity index (χ0) is 24.4. The maximum atomic E-state index is 13.1. The van der Waals surface area contributed by atoms with E-state index in [2.05, 4.69) is 11.9 Å². The average Bonchev–Trinajstić information content (AvgIpc) is 3.23. The normalized spacial score (nSPS) is 11.2. The van der Waals surface area contributed by atoms with Crippen molar-refractivity contribution in [3.63, 3.8) is 0 Å². The summed E-state index contributed by atoms with van der Waals surface area (Å²) in [5.74, 6) is -0.0635. The molecule has 0 aliphatic heterocycles. The standard InChI is InChI=1S/C30H47NO3/c1-3-4-5-6-7-8-9-10-11-12-13-14-15-16-17-22-28(32)30-25-20-18-19-21-26(25)31-27(30)23-24-29(33)34-2/h18-21,31H,3-17,22-24H2,1-2H3. The molecule has 190 valence electrons. The van der Waals surface area contributed by atoms with Crippen molar-refractivity contribution in [1.29, 1.82) is 0 Å². The number of methoxy groups -OCH3 is 1. The number of ether oxygens (including phenoxy) is 1. The lowest BCUT2D eigenvalue weighted by molar-refractivity contribution is -0.140. The summed E-state index contributed by atoms with van der Waals surface area (Å²) in [6.07, 6.45) is 21.2. The number of aryl methyl sites for hydroxylation is 1. The van der Waals surface area contributed by atoms with Gasteiger partial charge in [0.2, 0.25) is 0 Å². The molecule has 1 aromatic heterocycles. The summed E-state index contributed by atoms with van der Waals surface area (Å²) in [6, 6.07) is 7.91. The molecule has 0 spiro atoms. The van der Waals surface area contributed by atoms with Crippen molar-refractivity contribution < 1.29 is 14.3 Å². The van der Waals surface area contributed by atoms with E-state index in [1.807, 2.05) is 24.3 Å². The van der Waals surface area contributed by atoms with Gasteiger partial charge in [0.1, 0.15) is 0 Å². The number of hydrogen-bond donors (Lipinski definition) is 1. The fourth-order valence-electron chi connectivity index (χ4n) is 4.81. The Morgan fingerprint density at radius 1 is 0.735 bits per heavy atom. The SMILES string of the molecule is CCCCCCCCCCCCCCCCCC(=O)c1c(CCC(=O)OC)[nH]c2ccccc12. The number of rotatable bonds is 20. The smallest absolute Gasteiger partial charge is 0.305 e. The van der Waals surface area contributed by atoms with Gasteiger partial charge in [-0.3, -0.25) is 9.59 Å². The van der Waals surface area contributed by atoms with Crippen LogP contribution in [0.3, 0.4) is 0 Å². The van der Waals surface area contributed by atoms with Crippen molar-refractivity contribution in [2.45, 2.75) is 122 Å². The third-order valence-corrected chi connectivity index (χ3v) is 6.88. The maximum Gasteiger partial charge on any atom is 0.305 e. The summed E-state index contributed by atoms with van der Waals surface area (Å²) in [6.45, 7) is 2.27. The fraction of sp³-hybridized carbons (Fsp3) is 0.667. The number of nitrogens with one attached hydrogen (secondary N) is 1. The molecule has 0 radical (unpaired) electrons. The Labute approximate surface area is 207 Å². The van der Waals surface area contributed by atoms with E-state index in [0.717, 1.165) is 35.0 Å². The minimum absolute atomic E-state index is 0.187. The molecule has 34 heavy (non-hydrogen) atoms. The molecule has 0 bridgehead atoms. The third kappa shape index (κ3) is 10.4. The molecule has 4 heteroatoms. The van der Waals surface area contributed by atoms with E-state index in [-0.39, 0.29) is 18.2 Å². The van der Waals surface area contributed by atoms with Crippen molar-refractivity contribution in [3.05, 3.63) is 35.5 Å². The Morgan fingerprint density at radius 2 is 1.26 bits per heavy atom. The number of H-pyrrole nitrogens is 1. The van der Waals surface area contributed by atoms with Crippen LogP contribution in [-0.4, -0.2) is 23.8 Å². The van der Waals surface area contributed by atoms with Gasteiger partial charge >= 0.3 is 5.97 Å². The van der Waals surface area contributed by atoms with Gasteiger partial charge in [0.15, 0.2) is 5.78 Å². The van der Waals surface area contributed by atoms with Crippen LogP contribution in [0.4, 0.5) is 0 Å². The summed E-state index contributed by atoms with van der Waals surface area (Å²) in [7, 11) is 1.40. The quantitative estimate of drug-likeness (QED) is 0.120. The Hall–Kier alpha value is -2.10. The Balaban J connectivity index is 1.59. The Kier molecular flexibility index (Phi) is 14.4. The number of para-hydroxylation sites is 1. The number of esters is 1. The molecule has 2 aromatic rings. The molecule has 0 saturated carbocycles. The monoisotopic (exact) mass is 469 g/mol. The predicted octanol–water partition coefficient (Wildman–Crippen LogP) is 8.72. The van der Waals surface area contributed by atoms with Gasteiger partial charge in [0.25, 0.3) is 0 Å². The van der Waals surface area contributed by atoms with E-state index in [4.69, 9.17) is 4.74 Å². The number of fused-ring (bicyclic) bond motifs is 1. The summed E-state index contributed by atoms with van der Waals surface area (Å²) < 4.78 is 4.77. The largest absolute Gasteiger partial charge is 0.469 e. The number of carbonyl (C=O) groups excluding carboxylic acids is 2. The van der Waals surface area contributed by atoms with Crippen LogP contribution < -0.4 is 0 Å². The predicted molar refractivity (Wildman–Crippen MR) is 143 cm³/mol. The zero-order valence-electron chi connectivity index (χ0n) is 21.8. The molecule has 2 rings (SSSR count). The van der Waals surface area contributed by atoms with Crippen LogP contribution in [0.1, 0.15) is 132 Å². The minimum atomic E-state index is -0.250. The molecule has 0 saturated heterocycles. The number of Topliss-reactive ketones (excluding diaryl/α,β-unsaturated/α-hetero) is 1. The number of aromatic amines is 1. The first-order chi connectivity index (χ1) is 16.7. The molecule has 0 unspecified atom stereocenters. The van der Waals surface area contributed by atoms with Gasteiger partial charge in [0.05, 0.1) is 13.5 Å². The second-order valence-electron chi connectivity index (χ2n) is 9.72. The number of aromatic nitrogens is 1. The van der Waals surface area contributed by atoms with E-state index < -0.39 is 0 Å². The third-order valence-electron chi connectivity index (χ3n) is 6.88. The van der Waals surface area contributed by atoms with Crippen molar-refractivity contribution in [1.82, 2.24) is 4.98 Å². The maximum absolute atomic E-state index is 13.1. The highest BCUT2D eigenvalue weighted by atomic mass is 16.5. The molecule has 0 aliphatic rings. The Morgan fingerprint density at radius 3 is 1.82 bits per heavy atom. The first-order valence-electron chi connectivity index (χ1n) is 13.9. The molecule has 0 aliphatic carbocycles. The number of hydrogen-bond acceptors (Lipinski definition) is 3. The van der Waals surface area contributed by atoms with Gasteiger partial charge in [-0.2, -0.15) is 0 Å². The van der Waals surface area contributed by atoms with E-state index in [1.54, 1.807) is 0 Å². The van der Waals surface area contributed by atoms with Gasteiger partial charge in [-0.1, -0.05) is 115 Å². The zero-order valence-corrected chi connectivity index (χ0v) is 21.8. The van der Waals surface area contributed by atoms with Crippen LogP contribution in [0.5, 0.6) is 0 Å². The van der Waals surface area contributed by atoms with Gasteiger partial charge in [-0.05, 0) is 18.9 Å². The number of carbonyl (C=O) groups is 2. The van der Waals surface area contributed by atoms with Crippen LogP contribution in [-0.2, 0) is 16.0 Å². The van der Waals surface area contributed by atoms with Gasteiger partial charge < -0.3 is 9.72 Å². The molecule has 4 nitrogen and oxygen atoms in total. The minimum Gasteiger partial charge on any atom is -0.469 e. The second-order valence-corrected chi connectivity index (χ2v) is 9.72. The highest BCUT2D eigenvalue weighted by molar-refractivity contribution is 6.09. The summed E-state index contributed by atoms with van der Waals surface area (Å²) >= 11 is 0. The summed E-state index contributed by atoms with van der Waals surface area (Å²) in [5, 5.41) is 0.966. The van der Waals surface area contributed by atoms with Crippen LogP contribution in [0.2, 0.25) is 0 Å². The van der Waals surface area contributed by atoms with E-state index >= 15 is 0 Å². The Bertz CT molecular complexity index is 839. The second kappa shape index (κ2) is 17.4. The highest BCUT2D eigenvalue weighted by Gasteiger charge is 2.18. The van der Waals surface area contributed by atoms with E-state index in [0.29, 0.717) is 12.8 Å². The van der Waals surface area contributed by atoms with Crippen molar-refractivity contribution in [2.75, 3.05) is 7.11 Å². The topological polar surface area (TPSA) is 59.2 Å². The lowest BCUT2D eigenvalue weighted by Crippen LogP contribution is -2.06. The number of benzene rings is 1. The van der Waals surface area contributed by atoms with Crippen LogP contribution in [0.15, 0.2) is 24.3 Å². The van der Waals surface area contributed by atoms with E-state index in [9.17, 15) is 9.59 Å². The molecule has 1 aromatic carbocycles. The van der Waals surface area contributed by atoms with Crippen molar-refractivity contribution in [2.24, 2.45) is 0 Å². The molecular weight excluding hydrogens is 422 g/mol. The molecule has 1 heterocycles.